The summed E-state index contributed by atoms with van der Waals surface area (Å²) in [5.41, 5.74) is 1.53. The maximum Gasteiger partial charge on any atom is 0.251 e. The Labute approximate surface area is 205 Å². The van der Waals surface area contributed by atoms with Crippen molar-refractivity contribution in [3.63, 3.8) is 0 Å². The van der Waals surface area contributed by atoms with Gasteiger partial charge in [-0.3, -0.25) is 4.79 Å². The van der Waals surface area contributed by atoms with Crippen LogP contribution >= 0.6 is 0 Å². The second kappa shape index (κ2) is 14.5. The first-order valence-electron chi connectivity index (χ1n) is 11.7. The highest BCUT2D eigenvalue weighted by Crippen LogP contribution is 2.15. The van der Waals surface area contributed by atoms with E-state index in [9.17, 15) is 4.79 Å². The molecule has 0 saturated heterocycles. The first kappa shape index (κ1) is 25.9. The van der Waals surface area contributed by atoms with Gasteiger partial charge in [0.15, 0.2) is 0 Å². The van der Waals surface area contributed by atoms with E-state index < -0.39 is 0 Å². The van der Waals surface area contributed by atoms with Crippen LogP contribution in [0.15, 0.2) is 60.7 Å². The Balaban J connectivity index is 1.32. The van der Waals surface area contributed by atoms with Crippen molar-refractivity contribution in [2.75, 3.05) is 55.5 Å². The van der Waals surface area contributed by atoms with Crippen molar-refractivity contribution in [1.29, 1.82) is 0 Å². The van der Waals surface area contributed by atoms with Crippen LogP contribution < -0.4 is 21.3 Å². The van der Waals surface area contributed by atoms with E-state index in [2.05, 4.69) is 36.2 Å². The van der Waals surface area contributed by atoms with E-state index in [-0.39, 0.29) is 11.9 Å². The average molecular weight is 480 g/mol. The molecule has 1 amide bonds. The minimum absolute atomic E-state index is 0.108. The molecule has 0 saturated carbocycles. The van der Waals surface area contributed by atoms with Gasteiger partial charge in [-0.25, -0.2) is 0 Å². The molecule has 0 atom stereocenters. The number of nitrogens with one attached hydrogen (secondary N) is 4. The molecule has 186 valence electrons. The Kier molecular flexibility index (Phi) is 10.7. The van der Waals surface area contributed by atoms with E-state index in [0.717, 1.165) is 5.69 Å². The van der Waals surface area contributed by atoms with Gasteiger partial charge in [0.1, 0.15) is 0 Å². The molecule has 0 spiro atoms. The van der Waals surface area contributed by atoms with E-state index in [1.54, 1.807) is 12.1 Å². The lowest BCUT2D eigenvalue weighted by molar-refractivity contribution is 0.0519. The Bertz CT molecular complexity index is 1020. The topological polar surface area (TPSA) is 122 Å². The van der Waals surface area contributed by atoms with Crippen LogP contribution in [0.25, 0.3) is 0 Å². The third-order valence-electron chi connectivity index (χ3n) is 4.55. The third-order valence-corrected chi connectivity index (χ3v) is 4.55. The molecular formula is C25H33N7O3. The van der Waals surface area contributed by atoms with Crippen molar-refractivity contribution in [3.05, 3.63) is 66.2 Å². The van der Waals surface area contributed by atoms with Crippen molar-refractivity contribution < 1.29 is 14.3 Å². The monoisotopic (exact) mass is 479 g/mol. The van der Waals surface area contributed by atoms with Gasteiger partial charge >= 0.3 is 0 Å². The highest BCUT2D eigenvalue weighted by molar-refractivity contribution is 5.94. The van der Waals surface area contributed by atoms with Crippen LogP contribution in [0.4, 0.5) is 23.5 Å². The van der Waals surface area contributed by atoms with Gasteiger partial charge in [-0.2, -0.15) is 15.0 Å². The van der Waals surface area contributed by atoms with E-state index in [1.165, 1.54) is 0 Å². The molecule has 0 unspecified atom stereocenters. The highest BCUT2D eigenvalue weighted by atomic mass is 16.5. The fourth-order valence-electron chi connectivity index (χ4n) is 2.97. The molecule has 10 nitrogen and oxygen atoms in total. The second-order valence-corrected chi connectivity index (χ2v) is 7.87. The van der Waals surface area contributed by atoms with Gasteiger partial charge in [0.2, 0.25) is 17.8 Å². The zero-order chi connectivity index (χ0) is 24.7. The summed E-state index contributed by atoms with van der Waals surface area (Å²) in [6.45, 7) is 6.81. The number of benzene rings is 2. The molecule has 0 aliphatic rings. The summed E-state index contributed by atoms with van der Waals surface area (Å²) in [6, 6.07) is 19.0. The van der Waals surface area contributed by atoms with Crippen molar-refractivity contribution in [2.24, 2.45) is 0 Å². The summed E-state index contributed by atoms with van der Waals surface area (Å²) in [4.78, 5) is 25.2. The maximum atomic E-state index is 11.9. The molecule has 10 heteroatoms. The number of rotatable bonds is 15. The van der Waals surface area contributed by atoms with E-state index >= 15 is 0 Å². The summed E-state index contributed by atoms with van der Waals surface area (Å²) in [5.74, 6) is 1.29. The molecule has 0 aliphatic carbocycles. The normalized spacial score (nSPS) is 10.7. The molecule has 3 rings (SSSR count). The van der Waals surface area contributed by atoms with Gasteiger partial charge < -0.3 is 30.7 Å². The summed E-state index contributed by atoms with van der Waals surface area (Å²) < 4.78 is 11.1. The van der Waals surface area contributed by atoms with Crippen LogP contribution in [-0.4, -0.2) is 66.4 Å². The fourth-order valence-corrected chi connectivity index (χ4v) is 2.97. The lowest BCUT2D eigenvalue weighted by atomic mass is 10.2. The van der Waals surface area contributed by atoms with Gasteiger partial charge in [-0.1, -0.05) is 36.4 Å². The second-order valence-electron chi connectivity index (χ2n) is 7.87. The van der Waals surface area contributed by atoms with Crippen LogP contribution in [0.1, 0.15) is 24.2 Å². The van der Waals surface area contributed by atoms with Crippen molar-refractivity contribution in [2.45, 2.75) is 19.9 Å². The molecule has 0 fully saturated rings. The van der Waals surface area contributed by atoms with Crippen molar-refractivity contribution >= 4 is 29.4 Å². The molecule has 0 aliphatic heterocycles. The molecule has 0 radical (unpaired) electrons. The zero-order valence-electron chi connectivity index (χ0n) is 20.2. The number of amides is 1. The van der Waals surface area contributed by atoms with Crippen molar-refractivity contribution in [1.82, 2.24) is 20.3 Å². The number of anilines is 4. The number of carbonyl (C=O) groups excluding carboxylic acids is 1. The van der Waals surface area contributed by atoms with E-state index in [0.29, 0.717) is 62.9 Å². The predicted octanol–water partition coefficient (Wildman–Crippen LogP) is 3.31. The molecular weight excluding hydrogens is 446 g/mol. The van der Waals surface area contributed by atoms with Crippen LogP contribution in [-0.2, 0) is 9.47 Å². The number of nitrogens with zero attached hydrogens (tertiary/aromatic N) is 3. The summed E-state index contributed by atoms with van der Waals surface area (Å²) in [7, 11) is 0. The van der Waals surface area contributed by atoms with Gasteiger partial charge in [0, 0.05) is 30.4 Å². The highest BCUT2D eigenvalue weighted by Gasteiger charge is 2.08. The standard InChI is InChI=1S/C25H33N7O3/c1-19(2)28-24-30-23(31-25(32-24)29-21-11-7-4-8-12-21)27-14-16-35-18-17-34-15-13-26-22(33)20-9-5-3-6-10-20/h3-12,19H,13-18H2,1-2H3,(H,26,33)(H3,27,28,29,30,31,32). The number of hydrogen-bond donors (Lipinski definition) is 4. The van der Waals surface area contributed by atoms with Gasteiger partial charge in [0.05, 0.1) is 26.4 Å². The molecule has 3 aromatic rings. The van der Waals surface area contributed by atoms with E-state index in [4.69, 9.17) is 9.47 Å². The number of aromatic nitrogens is 3. The Morgan fingerprint density at radius 2 is 1.37 bits per heavy atom. The minimum Gasteiger partial charge on any atom is -0.377 e. The lowest BCUT2D eigenvalue weighted by Crippen LogP contribution is -2.27. The van der Waals surface area contributed by atoms with Crippen LogP contribution in [0, 0.1) is 0 Å². The quantitative estimate of drug-likeness (QED) is 0.243. The summed E-state index contributed by atoms with van der Waals surface area (Å²) in [6.07, 6.45) is 0. The molecule has 1 heterocycles. The SMILES string of the molecule is CC(C)Nc1nc(NCCOCCOCCNC(=O)c2ccccc2)nc(Nc2ccccc2)n1. The van der Waals surface area contributed by atoms with E-state index in [1.807, 2.05) is 62.4 Å². The number of ether oxygens (including phenoxy) is 2. The average Bonchev–Trinajstić information content (AvgIpc) is 2.85. The molecule has 4 N–H and O–H groups in total. The van der Waals surface area contributed by atoms with Crippen LogP contribution in [0.2, 0.25) is 0 Å². The maximum absolute atomic E-state index is 11.9. The van der Waals surface area contributed by atoms with Crippen molar-refractivity contribution in [3.8, 4) is 0 Å². The first-order chi connectivity index (χ1) is 17.1. The number of carbonyl (C=O) groups is 1. The summed E-state index contributed by atoms with van der Waals surface area (Å²) >= 11 is 0. The molecule has 0 bridgehead atoms. The number of para-hydroxylation sites is 1. The molecule has 2 aromatic carbocycles. The van der Waals surface area contributed by atoms with Crippen LogP contribution in [0.3, 0.4) is 0 Å². The Morgan fingerprint density at radius 3 is 2.06 bits per heavy atom. The third kappa shape index (κ3) is 9.95. The Morgan fingerprint density at radius 1 is 0.771 bits per heavy atom. The van der Waals surface area contributed by atoms with Gasteiger partial charge in [-0.05, 0) is 38.1 Å². The van der Waals surface area contributed by atoms with Crippen LogP contribution in [0.5, 0.6) is 0 Å². The lowest BCUT2D eigenvalue weighted by Gasteiger charge is -2.13. The minimum atomic E-state index is -0.108. The first-order valence-corrected chi connectivity index (χ1v) is 11.7. The van der Waals surface area contributed by atoms with Gasteiger partial charge in [0.25, 0.3) is 5.91 Å². The Hall–Kier alpha value is -3.76. The predicted molar refractivity (Wildman–Crippen MR) is 137 cm³/mol. The van der Waals surface area contributed by atoms with Gasteiger partial charge in [-0.15, -0.1) is 0 Å². The summed E-state index contributed by atoms with van der Waals surface area (Å²) in [5, 5.41) is 12.4. The largest absolute Gasteiger partial charge is 0.377 e. The zero-order valence-corrected chi connectivity index (χ0v) is 20.2. The molecule has 35 heavy (non-hydrogen) atoms. The number of hydrogen-bond acceptors (Lipinski definition) is 9. The smallest absolute Gasteiger partial charge is 0.251 e. The molecule has 1 aromatic heterocycles. The fraction of sp³-hybridized carbons (Fsp3) is 0.360.